The first-order valence-corrected chi connectivity index (χ1v) is 5.54. The highest BCUT2D eigenvalue weighted by molar-refractivity contribution is 5.63. The van der Waals surface area contributed by atoms with Gasteiger partial charge in [0.2, 0.25) is 0 Å². The smallest absolute Gasteiger partial charge is 0.142 e. The summed E-state index contributed by atoms with van der Waals surface area (Å²) in [5.41, 5.74) is 3.63. The van der Waals surface area contributed by atoms with Crippen LogP contribution in [0.3, 0.4) is 0 Å². The van der Waals surface area contributed by atoms with E-state index in [9.17, 15) is 0 Å². The maximum atomic E-state index is 8.79. The van der Waals surface area contributed by atoms with Crippen LogP contribution < -0.4 is 5.32 Å². The number of hydrogen-bond acceptors (Lipinski definition) is 3. The van der Waals surface area contributed by atoms with Crippen LogP contribution in [-0.2, 0) is 6.42 Å². The summed E-state index contributed by atoms with van der Waals surface area (Å²) in [4.78, 5) is 3.94. The van der Waals surface area contributed by atoms with E-state index in [1.54, 1.807) is 12.3 Å². The van der Waals surface area contributed by atoms with Gasteiger partial charge in [0.15, 0.2) is 0 Å². The van der Waals surface area contributed by atoms with E-state index in [4.69, 9.17) is 5.26 Å². The predicted molar refractivity (Wildman–Crippen MR) is 68.1 cm³/mol. The van der Waals surface area contributed by atoms with Crippen LogP contribution >= 0.6 is 0 Å². The van der Waals surface area contributed by atoms with Crippen molar-refractivity contribution in [1.29, 1.82) is 5.26 Å². The minimum Gasteiger partial charge on any atom is -0.355 e. The normalized spacial score (nSPS) is 9.65. The minimum atomic E-state index is 0.420. The van der Waals surface area contributed by atoms with Crippen LogP contribution in [0.5, 0.6) is 0 Å². The zero-order valence-corrected chi connectivity index (χ0v) is 9.64. The lowest BCUT2D eigenvalue weighted by Gasteiger charge is -2.10. The van der Waals surface area contributed by atoms with E-state index >= 15 is 0 Å². The average Bonchev–Trinajstić information content (AvgIpc) is 2.39. The van der Waals surface area contributed by atoms with Crippen LogP contribution in [0.15, 0.2) is 42.6 Å². The van der Waals surface area contributed by atoms with Gasteiger partial charge in [0.05, 0.1) is 0 Å². The van der Waals surface area contributed by atoms with Crippen molar-refractivity contribution in [2.45, 2.75) is 13.3 Å². The van der Waals surface area contributed by atoms with Crippen LogP contribution in [0.2, 0.25) is 0 Å². The zero-order chi connectivity index (χ0) is 12.1. The summed E-state index contributed by atoms with van der Waals surface area (Å²) in [6.07, 6.45) is 2.61. The van der Waals surface area contributed by atoms with Gasteiger partial charge < -0.3 is 5.32 Å². The van der Waals surface area contributed by atoms with Gasteiger partial charge >= 0.3 is 0 Å². The third-order valence-electron chi connectivity index (χ3n) is 2.55. The van der Waals surface area contributed by atoms with Crippen molar-refractivity contribution in [3.05, 3.63) is 53.9 Å². The molecule has 0 saturated carbocycles. The number of nitrogens with one attached hydrogen (secondary N) is 1. The van der Waals surface area contributed by atoms with Crippen molar-refractivity contribution in [3.63, 3.8) is 0 Å². The molecule has 0 unspecified atom stereocenters. The number of nitrogens with zero attached hydrogens (tertiary/aromatic N) is 2. The van der Waals surface area contributed by atoms with Gasteiger partial charge in [-0.1, -0.05) is 25.1 Å². The van der Waals surface area contributed by atoms with E-state index in [2.05, 4.69) is 23.3 Å². The Morgan fingerprint density at radius 3 is 2.88 bits per heavy atom. The molecule has 0 radical (unpaired) electrons. The second kappa shape index (κ2) is 5.13. The summed E-state index contributed by atoms with van der Waals surface area (Å²) >= 11 is 0. The molecule has 2 rings (SSSR count). The number of pyridine rings is 1. The standard InChI is InChI=1S/C14H13N3/c1-2-11-5-3-4-6-14(11)17-12-7-8-16-13(9-12)10-15/h3-9H,2H2,1H3,(H,16,17). The van der Waals surface area contributed by atoms with E-state index in [0.29, 0.717) is 5.69 Å². The van der Waals surface area contributed by atoms with Crippen molar-refractivity contribution in [1.82, 2.24) is 4.98 Å². The number of aryl methyl sites for hydroxylation is 1. The topological polar surface area (TPSA) is 48.7 Å². The molecule has 2 aromatic rings. The van der Waals surface area contributed by atoms with E-state index in [1.807, 2.05) is 30.3 Å². The molecule has 17 heavy (non-hydrogen) atoms. The van der Waals surface area contributed by atoms with E-state index in [-0.39, 0.29) is 0 Å². The number of hydrogen-bond donors (Lipinski definition) is 1. The Morgan fingerprint density at radius 1 is 1.29 bits per heavy atom. The molecule has 0 aliphatic rings. The monoisotopic (exact) mass is 223 g/mol. The van der Waals surface area contributed by atoms with Gasteiger partial charge in [-0.3, -0.25) is 0 Å². The molecule has 0 amide bonds. The first kappa shape index (κ1) is 11.2. The fourth-order valence-electron chi connectivity index (χ4n) is 1.68. The highest BCUT2D eigenvalue weighted by atomic mass is 14.9. The van der Waals surface area contributed by atoms with Crippen LogP contribution in [0.25, 0.3) is 0 Å². The average molecular weight is 223 g/mol. The van der Waals surface area contributed by atoms with E-state index in [0.717, 1.165) is 17.8 Å². The molecule has 0 aliphatic heterocycles. The Balaban J connectivity index is 2.28. The molecular formula is C14H13N3. The number of anilines is 2. The Morgan fingerprint density at radius 2 is 2.12 bits per heavy atom. The highest BCUT2D eigenvalue weighted by Crippen LogP contribution is 2.21. The molecule has 0 spiro atoms. The number of nitriles is 1. The number of rotatable bonds is 3. The summed E-state index contributed by atoms with van der Waals surface area (Å²) in [7, 11) is 0. The molecule has 3 nitrogen and oxygen atoms in total. The Hall–Kier alpha value is -2.34. The van der Waals surface area contributed by atoms with Crippen LogP contribution in [0, 0.1) is 11.3 Å². The minimum absolute atomic E-state index is 0.420. The summed E-state index contributed by atoms with van der Waals surface area (Å²) in [6, 6.07) is 13.8. The second-order valence-electron chi connectivity index (χ2n) is 3.68. The number of aromatic nitrogens is 1. The molecule has 0 bridgehead atoms. The molecule has 0 fully saturated rings. The van der Waals surface area contributed by atoms with Crippen molar-refractivity contribution >= 4 is 11.4 Å². The third-order valence-corrected chi connectivity index (χ3v) is 2.55. The van der Waals surface area contributed by atoms with Crippen molar-refractivity contribution in [3.8, 4) is 6.07 Å². The van der Waals surface area contributed by atoms with Gasteiger partial charge in [0.25, 0.3) is 0 Å². The molecular weight excluding hydrogens is 210 g/mol. The maximum absolute atomic E-state index is 8.79. The molecule has 84 valence electrons. The van der Waals surface area contributed by atoms with E-state index in [1.165, 1.54) is 5.56 Å². The Labute approximate surface area is 101 Å². The van der Waals surface area contributed by atoms with Crippen molar-refractivity contribution in [2.75, 3.05) is 5.32 Å². The van der Waals surface area contributed by atoms with Crippen molar-refractivity contribution in [2.24, 2.45) is 0 Å². The summed E-state index contributed by atoms with van der Waals surface area (Å²) in [6.45, 7) is 2.12. The van der Waals surface area contributed by atoms with Gasteiger partial charge in [0.1, 0.15) is 11.8 Å². The first-order chi connectivity index (χ1) is 8.33. The van der Waals surface area contributed by atoms with Gasteiger partial charge in [-0.25, -0.2) is 4.98 Å². The third kappa shape index (κ3) is 2.61. The van der Waals surface area contributed by atoms with Crippen LogP contribution in [-0.4, -0.2) is 4.98 Å². The van der Waals surface area contributed by atoms with Gasteiger partial charge in [-0.05, 0) is 30.2 Å². The molecule has 1 N–H and O–H groups in total. The lowest BCUT2D eigenvalue weighted by Crippen LogP contribution is -1.95. The molecule has 0 saturated heterocycles. The van der Waals surface area contributed by atoms with Gasteiger partial charge in [0, 0.05) is 17.6 Å². The zero-order valence-electron chi connectivity index (χ0n) is 9.64. The fourth-order valence-corrected chi connectivity index (χ4v) is 1.68. The SMILES string of the molecule is CCc1ccccc1Nc1ccnc(C#N)c1. The Kier molecular flexibility index (Phi) is 3.37. The molecule has 0 atom stereocenters. The highest BCUT2D eigenvalue weighted by Gasteiger charge is 2.01. The summed E-state index contributed by atoms with van der Waals surface area (Å²) in [5.74, 6) is 0. The summed E-state index contributed by atoms with van der Waals surface area (Å²) in [5, 5.41) is 12.1. The molecule has 1 heterocycles. The number of benzene rings is 1. The summed E-state index contributed by atoms with van der Waals surface area (Å²) < 4.78 is 0. The lowest BCUT2D eigenvalue weighted by molar-refractivity contribution is 1.14. The molecule has 0 aliphatic carbocycles. The van der Waals surface area contributed by atoms with Crippen molar-refractivity contribution < 1.29 is 0 Å². The quantitative estimate of drug-likeness (QED) is 0.868. The van der Waals surface area contributed by atoms with Gasteiger partial charge in [-0.2, -0.15) is 5.26 Å². The Bertz CT molecular complexity index is 555. The maximum Gasteiger partial charge on any atom is 0.142 e. The van der Waals surface area contributed by atoms with Gasteiger partial charge in [-0.15, -0.1) is 0 Å². The first-order valence-electron chi connectivity index (χ1n) is 5.54. The molecule has 1 aromatic heterocycles. The van der Waals surface area contributed by atoms with Crippen LogP contribution in [0.4, 0.5) is 11.4 Å². The molecule has 3 heteroatoms. The predicted octanol–water partition coefficient (Wildman–Crippen LogP) is 3.26. The fraction of sp³-hybridized carbons (Fsp3) is 0.143. The molecule has 1 aromatic carbocycles. The number of para-hydroxylation sites is 1. The van der Waals surface area contributed by atoms with E-state index < -0.39 is 0 Å². The second-order valence-corrected chi connectivity index (χ2v) is 3.68. The lowest BCUT2D eigenvalue weighted by atomic mass is 10.1. The largest absolute Gasteiger partial charge is 0.355 e. The van der Waals surface area contributed by atoms with Crippen LogP contribution in [0.1, 0.15) is 18.2 Å².